The molecule has 6 heteroatoms. The van der Waals surface area contributed by atoms with Gasteiger partial charge in [-0.3, -0.25) is 10.1 Å². The zero-order valence-electron chi connectivity index (χ0n) is 10.9. The Kier molecular flexibility index (Phi) is 3.26. The molecule has 1 aromatic carbocycles. The van der Waals surface area contributed by atoms with Crippen LogP contribution in [0.25, 0.3) is 0 Å². The molecule has 0 saturated heterocycles. The molecule has 4 nitrogen and oxygen atoms in total. The number of carbonyl (C=O) groups excluding carboxylic acids is 1. The van der Waals surface area contributed by atoms with Crippen molar-refractivity contribution < 1.29 is 13.6 Å². The summed E-state index contributed by atoms with van der Waals surface area (Å²) in [4.78, 5) is 15.8. The van der Waals surface area contributed by atoms with Crippen LogP contribution in [0.15, 0.2) is 23.2 Å². The van der Waals surface area contributed by atoms with E-state index < -0.39 is 23.6 Å². The third-order valence-corrected chi connectivity index (χ3v) is 2.52. The monoisotopic (exact) mass is 267 g/mol. The highest BCUT2D eigenvalue weighted by Gasteiger charge is 2.32. The molecule has 1 unspecified atom stereocenters. The molecular weight excluding hydrogens is 252 g/mol. The number of rotatable bonds is 1. The zero-order valence-corrected chi connectivity index (χ0v) is 10.9. The number of nitrogens with zero attached hydrogens (tertiary/aromatic N) is 1. The molecule has 1 heterocycles. The van der Waals surface area contributed by atoms with Crippen molar-refractivity contribution >= 4 is 11.9 Å². The van der Waals surface area contributed by atoms with E-state index in [0.717, 1.165) is 6.07 Å². The van der Waals surface area contributed by atoms with Gasteiger partial charge in [-0.2, -0.15) is 0 Å². The second-order valence-electron chi connectivity index (χ2n) is 5.39. The highest BCUT2D eigenvalue weighted by Crippen LogP contribution is 2.25. The van der Waals surface area contributed by atoms with Crippen molar-refractivity contribution in [1.29, 1.82) is 0 Å². The largest absolute Gasteiger partial charge is 0.351 e. The Morgan fingerprint density at radius 3 is 2.63 bits per heavy atom. The lowest BCUT2D eigenvalue weighted by molar-refractivity contribution is -0.120. The molecule has 1 aliphatic heterocycles. The van der Waals surface area contributed by atoms with E-state index in [2.05, 4.69) is 15.6 Å². The maximum atomic E-state index is 13.6. The summed E-state index contributed by atoms with van der Waals surface area (Å²) in [6.07, 6.45) is 0. The van der Waals surface area contributed by atoms with E-state index in [1.807, 2.05) is 20.8 Å². The van der Waals surface area contributed by atoms with Crippen LogP contribution in [0.3, 0.4) is 0 Å². The third-order valence-electron chi connectivity index (χ3n) is 2.52. The first-order chi connectivity index (χ1) is 8.78. The number of benzene rings is 1. The van der Waals surface area contributed by atoms with E-state index in [4.69, 9.17) is 0 Å². The zero-order chi connectivity index (χ0) is 14.2. The molecule has 0 spiro atoms. The topological polar surface area (TPSA) is 53.5 Å². The summed E-state index contributed by atoms with van der Waals surface area (Å²) in [7, 11) is 0. The molecule has 102 valence electrons. The first-order valence-electron chi connectivity index (χ1n) is 5.89. The van der Waals surface area contributed by atoms with E-state index >= 15 is 0 Å². The van der Waals surface area contributed by atoms with E-state index in [1.165, 1.54) is 12.1 Å². The number of amides is 1. The number of halogens is 2. The fraction of sp³-hybridized carbons (Fsp3) is 0.385. The first-order valence-corrected chi connectivity index (χ1v) is 5.89. The molecule has 0 radical (unpaired) electrons. The number of carbonyl (C=O) groups is 1. The lowest BCUT2D eigenvalue weighted by Crippen LogP contribution is -2.46. The van der Waals surface area contributed by atoms with Crippen LogP contribution in [0.4, 0.5) is 8.78 Å². The minimum Gasteiger partial charge on any atom is -0.351 e. The van der Waals surface area contributed by atoms with Gasteiger partial charge in [-0.25, -0.2) is 13.8 Å². The Hall–Kier alpha value is -1.98. The summed E-state index contributed by atoms with van der Waals surface area (Å²) in [5, 5.41) is 5.50. The highest BCUT2D eigenvalue weighted by atomic mass is 19.2. The third kappa shape index (κ3) is 2.89. The van der Waals surface area contributed by atoms with E-state index in [0.29, 0.717) is 0 Å². The fourth-order valence-corrected chi connectivity index (χ4v) is 1.77. The Morgan fingerprint density at radius 2 is 2.00 bits per heavy atom. The predicted octanol–water partition coefficient (Wildman–Crippen LogP) is 1.88. The van der Waals surface area contributed by atoms with Crippen molar-refractivity contribution in [3.05, 3.63) is 35.4 Å². The van der Waals surface area contributed by atoms with Crippen LogP contribution in [0.2, 0.25) is 0 Å². The summed E-state index contributed by atoms with van der Waals surface area (Å²) in [5.74, 6) is -2.23. The average molecular weight is 267 g/mol. The summed E-state index contributed by atoms with van der Waals surface area (Å²) < 4.78 is 26.8. The highest BCUT2D eigenvalue weighted by molar-refractivity contribution is 6.05. The SMILES string of the molecule is CC(C)(C)NC1=NC(c2cccc(F)c2F)C(=O)N1. The molecule has 0 bridgehead atoms. The lowest BCUT2D eigenvalue weighted by atomic mass is 10.1. The molecule has 1 amide bonds. The smallest absolute Gasteiger partial charge is 0.256 e. The minimum atomic E-state index is -1.06. The second-order valence-corrected chi connectivity index (χ2v) is 5.39. The molecule has 0 aliphatic carbocycles. The first kappa shape index (κ1) is 13.5. The number of hydrogen-bond donors (Lipinski definition) is 2. The van der Waals surface area contributed by atoms with Gasteiger partial charge in [0.05, 0.1) is 0 Å². The Morgan fingerprint density at radius 1 is 1.32 bits per heavy atom. The van der Waals surface area contributed by atoms with Gasteiger partial charge in [0.2, 0.25) is 0 Å². The van der Waals surface area contributed by atoms with Gasteiger partial charge in [0.1, 0.15) is 0 Å². The number of nitrogens with one attached hydrogen (secondary N) is 2. The maximum absolute atomic E-state index is 13.6. The fourth-order valence-electron chi connectivity index (χ4n) is 1.77. The molecule has 1 atom stereocenters. The average Bonchev–Trinajstić information content (AvgIpc) is 2.61. The van der Waals surface area contributed by atoms with Crippen molar-refractivity contribution in [3.63, 3.8) is 0 Å². The Bertz CT molecular complexity index is 549. The lowest BCUT2D eigenvalue weighted by Gasteiger charge is -2.21. The molecule has 2 rings (SSSR count). The number of hydrogen-bond acceptors (Lipinski definition) is 3. The molecule has 0 aromatic heterocycles. The summed E-state index contributed by atoms with van der Waals surface area (Å²) in [6, 6.07) is 2.65. The van der Waals surface area contributed by atoms with Gasteiger partial charge in [0.15, 0.2) is 23.6 Å². The van der Waals surface area contributed by atoms with Crippen LogP contribution in [0, 0.1) is 11.6 Å². The molecule has 1 aromatic rings. The summed E-state index contributed by atoms with van der Waals surface area (Å²) >= 11 is 0. The van der Waals surface area contributed by atoms with Gasteiger partial charge in [-0.1, -0.05) is 12.1 Å². The number of guanidine groups is 1. The normalized spacial score (nSPS) is 19.1. The molecular formula is C13H15F2N3O. The molecule has 2 N–H and O–H groups in total. The van der Waals surface area contributed by atoms with Gasteiger partial charge in [0, 0.05) is 11.1 Å². The molecule has 0 saturated carbocycles. The van der Waals surface area contributed by atoms with Crippen molar-refractivity contribution in [2.24, 2.45) is 4.99 Å². The van der Waals surface area contributed by atoms with Gasteiger partial charge >= 0.3 is 0 Å². The van der Waals surface area contributed by atoms with Crippen LogP contribution < -0.4 is 10.6 Å². The van der Waals surface area contributed by atoms with Crippen LogP contribution in [0.1, 0.15) is 32.4 Å². The van der Waals surface area contributed by atoms with Crippen molar-refractivity contribution in [2.75, 3.05) is 0 Å². The molecule has 1 aliphatic rings. The Balaban J connectivity index is 2.30. The van der Waals surface area contributed by atoms with Crippen molar-refractivity contribution in [3.8, 4) is 0 Å². The quantitative estimate of drug-likeness (QED) is 0.816. The van der Waals surface area contributed by atoms with Crippen LogP contribution in [-0.2, 0) is 4.79 Å². The maximum Gasteiger partial charge on any atom is 0.256 e. The van der Waals surface area contributed by atoms with Crippen molar-refractivity contribution in [1.82, 2.24) is 10.6 Å². The molecule has 19 heavy (non-hydrogen) atoms. The van der Waals surface area contributed by atoms with Crippen LogP contribution in [0.5, 0.6) is 0 Å². The van der Waals surface area contributed by atoms with Crippen LogP contribution in [-0.4, -0.2) is 17.4 Å². The van der Waals surface area contributed by atoms with E-state index in [9.17, 15) is 13.6 Å². The summed E-state index contributed by atoms with van der Waals surface area (Å²) in [6.45, 7) is 5.70. The molecule has 0 fully saturated rings. The van der Waals surface area contributed by atoms with Crippen LogP contribution >= 0.6 is 0 Å². The summed E-state index contributed by atoms with van der Waals surface area (Å²) in [5.41, 5.74) is -0.357. The Labute approximate surface area is 109 Å². The van der Waals surface area contributed by atoms with Gasteiger partial charge in [-0.05, 0) is 26.8 Å². The predicted molar refractivity (Wildman–Crippen MR) is 67.6 cm³/mol. The van der Waals surface area contributed by atoms with Gasteiger partial charge in [-0.15, -0.1) is 0 Å². The van der Waals surface area contributed by atoms with E-state index in [1.54, 1.807) is 0 Å². The van der Waals surface area contributed by atoms with Gasteiger partial charge < -0.3 is 5.32 Å². The second kappa shape index (κ2) is 4.60. The van der Waals surface area contributed by atoms with Crippen molar-refractivity contribution in [2.45, 2.75) is 32.4 Å². The van der Waals surface area contributed by atoms with E-state index in [-0.39, 0.29) is 17.1 Å². The number of aliphatic imine (C=N–C) groups is 1. The standard InChI is InChI=1S/C13H15F2N3O/c1-13(2,3)18-12-16-10(11(19)17-12)7-5-4-6-8(14)9(7)15/h4-6,10H,1-3H3,(H2,16,17,18,19). The minimum absolute atomic E-state index is 0.0665. The van der Waals surface area contributed by atoms with Gasteiger partial charge in [0.25, 0.3) is 5.91 Å².